The molecule has 2 aromatic rings. The Labute approximate surface area is 160 Å². The van der Waals surface area contributed by atoms with Crippen molar-refractivity contribution in [2.75, 3.05) is 6.61 Å². The van der Waals surface area contributed by atoms with E-state index in [2.05, 4.69) is 13.8 Å². The molecule has 0 fully saturated rings. The molecule has 0 atom stereocenters. The Morgan fingerprint density at radius 1 is 0.778 bits per heavy atom. The lowest BCUT2D eigenvalue weighted by Gasteiger charge is -2.11. The van der Waals surface area contributed by atoms with E-state index >= 15 is 0 Å². The Kier molecular flexibility index (Phi) is 8.70. The highest BCUT2D eigenvalue weighted by atomic mass is 19.2. The average molecular weight is 378 g/mol. The molecule has 0 saturated heterocycles. The molecule has 0 aromatic heterocycles. The summed E-state index contributed by atoms with van der Waals surface area (Å²) in [5, 5.41) is 0. The van der Waals surface area contributed by atoms with Crippen LogP contribution in [0, 0.1) is 17.5 Å². The Balaban J connectivity index is 2.11. The van der Waals surface area contributed by atoms with E-state index in [1.165, 1.54) is 18.2 Å². The van der Waals surface area contributed by atoms with E-state index in [-0.39, 0.29) is 11.3 Å². The molecule has 0 aliphatic rings. The summed E-state index contributed by atoms with van der Waals surface area (Å²) >= 11 is 0. The SMILES string of the molecule is CCCCCCc1ccc(-c2ccc(OCCCCC)c(F)c2)c(F)c1F. The number of hydrogen-bond acceptors (Lipinski definition) is 1. The molecule has 0 amide bonds. The van der Waals surface area contributed by atoms with Crippen LogP contribution < -0.4 is 4.74 Å². The van der Waals surface area contributed by atoms with Gasteiger partial charge < -0.3 is 4.74 Å². The number of aryl methyl sites for hydroxylation is 1. The fourth-order valence-corrected chi connectivity index (χ4v) is 3.07. The van der Waals surface area contributed by atoms with E-state index < -0.39 is 17.5 Å². The van der Waals surface area contributed by atoms with E-state index in [1.54, 1.807) is 12.1 Å². The molecule has 4 heteroatoms. The zero-order valence-electron chi connectivity index (χ0n) is 16.3. The summed E-state index contributed by atoms with van der Waals surface area (Å²) in [6.07, 6.45) is 7.48. The molecule has 0 aliphatic carbocycles. The number of ether oxygens (including phenoxy) is 1. The van der Waals surface area contributed by atoms with Crippen molar-refractivity contribution in [2.45, 2.75) is 65.2 Å². The van der Waals surface area contributed by atoms with Gasteiger partial charge in [-0.25, -0.2) is 13.2 Å². The Hall–Kier alpha value is -1.97. The van der Waals surface area contributed by atoms with Crippen LogP contribution in [0.2, 0.25) is 0 Å². The van der Waals surface area contributed by atoms with Gasteiger partial charge in [0.25, 0.3) is 0 Å². The fraction of sp³-hybridized carbons (Fsp3) is 0.478. The summed E-state index contributed by atoms with van der Waals surface area (Å²) in [6, 6.07) is 7.38. The van der Waals surface area contributed by atoms with Crippen molar-refractivity contribution in [1.82, 2.24) is 0 Å². The summed E-state index contributed by atoms with van der Waals surface area (Å²) in [4.78, 5) is 0. The number of rotatable bonds is 11. The lowest BCUT2D eigenvalue weighted by atomic mass is 9.99. The predicted molar refractivity (Wildman–Crippen MR) is 105 cm³/mol. The normalized spacial score (nSPS) is 11.0. The standard InChI is InChI=1S/C23H29F3O/c1-3-5-7-8-10-17-11-13-19(23(26)22(17)25)18-12-14-21(20(24)16-18)27-15-9-6-4-2/h11-14,16H,3-10,15H2,1-2H3. The smallest absolute Gasteiger partial charge is 0.166 e. The van der Waals surface area contributed by atoms with Crippen molar-refractivity contribution >= 4 is 0 Å². The average Bonchev–Trinajstić information content (AvgIpc) is 2.66. The van der Waals surface area contributed by atoms with Crippen LogP contribution in [-0.4, -0.2) is 6.61 Å². The van der Waals surface area contributed by atoms with Gasteiger partial charge in [0, 0.05) is 5.56 Å². The van der Waals surface area contributed by atoms with Crippen molar-refractivity contribution < 1.29 is 17.9 Å². The van der Waals surface area contributed by atoms with E-state index in [0.717, 1.165) is 44.9 Å². The monoisotopic (exact) mass is 378 g/mol. The third-order valence-corrected chi connectivity index (χ3v) is 4.71. The van der Waals surface area contributed by atoms with Crippen LogP contribution >= 0.6 is 0 Å². The lowest BCUT2D eigenvalue weighted by Crippen LogP contribution is -2.00. The molecule has 2 rings (SSSR count). The molecule has 0 N–H and O–H groups in total. The van der Waals surface area contributed by atoms with Crippen LogP contribution in [0.4, 0.5) is 13.2 Å². The molecule has 0 radical (unpaired) electrons. The Bertz CT molecular complexity index is 728. The van der Waals surface area contributed by atoms with Crippen LogP contribution in [0.1, 0.15) is 64.4 Å². The van der Waals surface area contributed by atoms with Gasteiger partial charge in [0.05, 0.1) is 6.61 Å². The topological polar surface area (TPSA) is 9.23 Å². The summed E-state index contributed by atoms with van der Waals surface area (Å²) in [5.41, 5.74) is 0.757. The first-order valence-corrected chi connectivity index (χ1v) is 9.98. The number of hydrogen-bond donors (Lipinski definition) is 0. The zero-order chi connectivity index (χ0) is 19.6. The van der Waals surface area contributed by atoms with Crippen LogP contribution in [-0.2, 0) is 6.42 Å². The first kappa shape index (κ1) is 21.3. The van der Waals surface area contributed by atoms with E-state index in [0.29, 0.717) is 24.2 Å². The van der Waals surface area contributed by atoms with Gasteiger partial charge in [-0.1, -0.05) is 64.2 Å². The van der Waals surface area contributed by atoms with Crippen molar-refractivity contribution in [3.63, 3.8) is 0 Å². The molecule has 0 aliphatic heterocycles. The molecule has 0 unspecified atom stereocenters. The number of halogens is 3. The van der Waals surface area contributed by atoms with Gasteiger partial charge >= 0.3 is 0 Å². The van der Waals surface area contributed by atoms with Crippen molar-refractivity contribution in [3.05, 3.63) is 53.3 Å². The fourth-order valence-electron chi connectivity index (χ4n) is 3.07. The Morgan fingerprint density at radius 3 is 2.22 bits per heavy atom. The van der Waals surface area contributed by atoms with Crippen LogP contribution in [0.3, 0.4) is 0 Å². The maximum atomic E-state index is 14.5. The van der Waals surface area contributed by atoms with Gasteiger partial charge in [-0.2, -0.15) is 0 Å². The minimum Gasteiger partial charge on any atom is -0.491 e. The second-order valence-corrected chi connectivity index (χ2v) is 6.91. The summed E-state index contributed by atoms with van der Waals surface area (Å²) in [5.74, 6) is -2.17. The minimum absolute atomic E-state index is 0.0706. The molecule has 0 saturated carbocycles. The van der Waals surface area contributed by atoms with Gasteiger partial charge in [0.15, 0.2) is 23.2 Å². The highest BCUT2D eigenvalue weighted by molar-refractivity contribution is 5.65. The van der Waals surface area contributed by atoms with Gasteiger partial charge in [-0.3, -0.25) is 0 Å². The van der Waals surface area contributed by atoms with E-state index in [9.17, 15) is 13.2 Å². The minimum atomic E-state index is -0.918. The van der Waals surface area contributed by atoms with E-state index in [4.69, 9.17) is 4.74 Å². The molecule has 0 spiro atoms. The molecule has 2 aromatic carbocycles. The maximum absolute atomic E-state index is 14.5. The second kappa shape index (κ2) is 11.0. The second-order valence-electron chi connectivity index (χ2n) is 6.91. The Morgan fingerprint density at radius 2 is 1.52 bits per heavy atom. The molecule has 0 bridgehead atoms. The summed E-state index contributed by atoms with van der Waals surface area (Å²) < 4.78 is 48.6. The van der Waals surface area contributed by atoms with Crippen LogP contribution in [0.15, 0.2) is 30.3 Å². The molecule has 1 nitrogen and oxygen atoms in total. The first-order valence-electron chi connectivity index (χ1n) is 9.98. The van der Waals surface area contributed by atoms with Gasteiger partial charge in [-0.05, 0) is 42.5 Å². The highest BCUT2D eigenvalue weighted by Gasteiger charge is 2.16. The van der Waals surface area contributed by atoms with Gasteiger partial charge in [0.2, 0.25) is 0 Å². The summed E-state index contributed by atoms with van der Waals surface area (Å²) in [6.45, 7) is 4.63. The van der Waals surface area contributed by atoms with Crippen molar-refractivity contribution in [2.24, 2.45) is 0 Å². The van der Waals surface area contributed by atoms with Gasteiger partial charge in [-0.15, -0.1) is 0 Å². The highest BCUT2D eigenvalue weighted by Crippen LogP contribution is 2.30. The van der Waals surface area contributed by atoms with Gasteiger partial charge in [0.1, 0.15) is 0 Å². The third-order valence-electron chi connectivity index (χ3n) is 4.71. The molecule has 148 valence electrons. The predicted octanol–water partition coefficient (Wildman–Crippen LogP) is 7.46. The molecular weight excluding hydrogens is 349 g/mol. The van der Waals surface area contributed by atoms with Crippen molar-refractivity contribution in [3.8, 4) is 16.9 Å². The number of benzene rings is 2. The van der Waals surface area contributed by atoms with Crippen molar-refractivity contribution in [1.29, 1.82) is 0 Å². The number of unbranched alkanes of at least 4 members (excludes halogenated alkanes) is 5. The zero-order valence-corrected chi connectivity index (χ0v) is 16.3. The quantitative estimate of drug-likeness (QED) is 0.369. The van der Waals surface area contributed by atoms with Crippen LogP contribution in [0.25, 0.3) is 11.1 Å². The van der Waals surface area contributed by atoms with Crippen LogP contribution in [0.5, 0.6) is 5.75 Å². The molecule has 27 heavy (non-hydrogen) atoms. The third kappa shape index (κ3) is 6.02. The van der Waals surface area contributed by atoms with E-state index in [1.807, 2.05) is 0 Å². The molecule has 0 heterocycles. The molecular formula is C23H29F3O. The lowest BCUT2D eigenvalue weighted by molar-refractivity contribution is 0.291. The summed E-state index contributed by atoms with van der Waals surface area (Å²) in [7, 11) is 0. The largest absolute Gasteiger partial charge is 0.491 e. The maximum Gasteiger partial charge on any atom is 0.166 e. The first-order chi connectivity index (χ1) is 13.1.